The second-order valence-corrected chi connectivity index (χ2v) is 9.59. The van der Waals surface area contributed by atoms with Crippen molar-refractivity contribution < 1.29 is 14.3 Å². The van der Waals surface area contributed by atoms with Crippen molar-refractivity contribution in [2.45, 2.75) is 30.9 Å². The molecule has 4 nitrogen and oxygen atoms in total. The highest BCUT2D eigenvalue weighted by Gasteiger charge is 2.88. The molecule has 32 heavy (non-hydrogen) atoms. The van der Waals surface area contributed by atoms with Gasteiger partial charge in [-0.1, -0.05) is 91.0 Å². The molecule has 2 aliphatic heterocycles. The number of aliphatic imine (C=N–C) groups is 1. The van der Waals surface area contributed by atoms with Crippen molar-refractivity contribution in [3.63, 3.8) is 0 Å². The predicted molar refractivity (Wildman–Crippen MR) is 122 cm³/mol. The van der Waals surface area contributed by atoms with Crippen LogP contribution in [0.1, 0.15) is 36.5 Å². The first-order chi connectivity index (χ1) is 15.5. The quantitative estimate of drug-likeness (QED) is 0.549. The summed E-state index contributed by atoms with van der Waals surface area (Å²) in [4.78, 5) is 18.6. The minimum atomic E-state index is -1.02. The molecule has 0 aromatic heterocycles. The summed E-state index contributed by atoms with van der Waals surface area (Å²) in [5.74, 6) is 0.0263. The molecule has 6 rings (SSSR count). The molecule has 3 aliphatic rings. The molecular formula is C28H25NO3. The van der Waals surface area contributed by atoms with Gasteiger partial charge in [0.25, 0.3) is 0 Å². The Bertz CT molecular complexity index is 1160. The van der Waals surface area contributed by atoms with Crippen LogP contribution in [0.15, 0.2) is 96.0 Å². The first kappa shape index (κ1) is 19.3. The van der Waals surface area contributed by atoms with E-state index in [0.717, 1.165) is 16.7 Å². The molecule has 4 heteroatoms. The minimum absolute atomic E-state index is 0.0713. The fourth-order valence-corrected chi connectivity index (χ4v) is 5.88. The maximum atomic E-state index is 13.6. The average Bonchev–Trinajstić information content (AvgIpc) is 3.29. The number of rotatable bonds is 4. The van der Waals surface area contributed by atoms with Crippen molar-refractivity contribution >= 4 is 11.9 Å². The SMILES string of the molecule is CC1(C)COC([C@]23[C@H](C(=O)OC2(c2ccccc2)c2ccccc2)[C@H]3c2ccccc2)=N1. The predicted octanol–water partition coefficient (Wildman–Crippen LogP) is 5.09. The van der Waals surface area contributed by atoms with Crippen molar-refractivity contribution in [2.75, 3.05) is 6.61 Å². The molecule has 0 bridgehead atoms. The number of fused-ring (bicyclic) bond motifs is 1. The highest BCUT2D eigenvalue weighted by molar-refractivity contribution is 6.03. The van der Waals surface area contributed by atoms with Crippen molar-refractivity contribution in [1.29, 1.82) is 0 Å². The van der Waals surface area contributed by atoms with Gasteiger partial charge in [0.2, 0.25) is 0 Å². The molecule has 1 aliphatic carbocycles. The third-order valence-electron chi connectivity index (χ3n) is 7.14. The van der Waals surface area contributed by atoms with Crippen LogP contribution in [0.25, 0.3) is 0 Å². The second-order valence-electron chi connectivity index (χ2n) is 9.59. The van der Waals surface area contributed by atoms with Crippen molar-refractivity contribution in [2.24, 2.45) is 16.3 Å². The summed E-state index contributed by atoms with van der Waals surface area (Å²) in [6, 6.07) is 30.4. The van der Waals surface area contributed by atoms with E-state index in [0.29, 0.717) is 12.5 Å². The third-order valence-corrected chi connectivity index (χ3v) is 7.14. The monoisotopic (exact) mass is 423 g/mol. The van der Waals surface area contributed by atoms with Gasteiger partial charge in [0.05, 0.1) is 11.5 Å². The van der Waals surface area contributed by atoms with E-state index >= 15 is 0 Å². The van der Waals surface area contributed by atoms with Gasteiger partial charge in [-0.25, -0.2) is 4.99 Å². The molecule has 0 radical (unpaired) electrons. The van der Waals surface area contributed by atoms with E-state index in [9.17, 15) is 4.79 Å². The lowest BCUT2D eigenvalue weighted by molar-refractivity contribution is -0.152. The Morgan fingerprint density at radius 2 is 1.31 bits per heavy atom. The number of benzene rings is 3. The Labute approximate surface area is 187 Å². The van der Waals surface area contributed by atoms with Gasteiger partial charge in [-0.15, -0.1) is 0 Å². The van der Waals surface area contributed by atoms with Gasteiger partial charge in [0, 0.05) is 17.0 Å². The maximum absolute atomic E-state index is 13.6. The van der Waals surface area contributed by atoms with Gasteiger partial charge in [0.15, 0.2) is 11.5 Å². The molecule has 1 saturated carbocycles. The molecule has 0 spiro atoms. The standard InChI is InChI=1S/C28H25NO3/c1-26(2)18-31-25(29-26)27-22(19-12-6-3-7-13-19)23(27)24(30)32-28(27,20-14-8-4-9-15-20)21-16-10-5-11-17-21/h3-17,22-23H,18H2,1-2H3/t22-,23+,27+/m1/s1. The normalized spacial score (nSPS) is 28.9. The van der Waals surface area contributed by atoms with Crippen LogP contribution in [0.3, 0.4) is 0 Å². The average molecular weight is 424 g/mol. The van der Waals surface area contributed by atoms with Gasteiger partial charge in [0.1, 0.15) is 12.0 Å². The van der Waals surface area contributed by atoms with E-state index in [-0.39, 0.29) is 23.3 Å². The van der Waals surface area contributed by atoms with Crippen LogP contribution in [0.5, 0.6) is 0 Å². The van der Waals surface area contributed by atoms with Crippen LogP contribution in [0, 0.1) is 11.3 Å². The number of nitrogens with zero attached hydrogens (tertiary/aromatic N) is 1. The number of carbonyl (C=O) groups is 1. The molecule has 0 N–H and O–H groups in total. The summed E-state index contributed by atoms with van der Waals surface area (Å²) < 4.78 is 12.7. The fourth-order valence-electron chi connectivity index (χ4n) is 5.88. The van der Waals surface area contributed by atoms with Crippen LogP contribution >= 0.6 is 0 Å². The fraction of sp³-hybridized carbons (Fsp3) is 0.286. The topological polar surface area (TPSA) is 47.9 Å². The van der Waals surface area contributed by atoms with Gasteiger partial charge in [-0.2, -0.15) is 0 Å². The summed E-state index contributed by atoms with van der Waals surface area (Å²) in [6.07, 6.45) is 0. The van der Waals surface area contributed by atoms with Gasteiger partial charge in [-0.3, -0.25) is 4.79 Å². The van der Waals surface area contributed by atoms with Crippen LogP contribution in [-0.2, 0) is 19.9 Å². The third kappa shape index (κ3) is 2.38. The van der Waals surface area contributed by atoms with Gasteiger partial charge in [-0.05, 0) is 19.4 Å². The first-order valence-electron chi connectivity index (χ1n) is 11.1. The lowest BCUT2D eigenvalue weighted by Crippen LogP contribution is -2.44. The van der Waals surface area contributed by atoms with Crippen LogP contribution in [0.2, 0.25) is 0 Å². The number of hydrogen-bond donors (Lipinski definition) is 0. The molecule has 2 fully saturated rings. The number of hydrogen-bond acceptors (Lipinski definition) is 4. The maximum Gasteiger partial charge on any atom is 0.312 e. The van der Waals surface area contributed by atoms with Gasteiger partial charge < -0.3 is 9.47 Å². The van der Waals surface area contributed by atoms with Crippen LogP contribution < -0.4 is 0 Å². The molecule has 3 aromatic carbocycles. The molecule has 3 aromatic rings. The molecule has 3 atom stereocenters. The highest BCUT2D eigenvalue weighted by Crippen LogP contribution is 2.80. The molecule has 2 heterocycles. The summed E-state index contributed by atoms with van der Waals surface area (Å²) in [5.41, 5.74) is 0.900. The van der Waals surface area contributed by atoms with Crippen molar-refractivity contribution in [3.05, 3.63) is 108 Å². The van der Waals surface area contributed by atoms with E-state index < -0.39 is 11.0 Å². The zero-order valence-electron chi connectivity index (χ0n) is 18.2. The summed E-state index contributed by atoms with van der Waals surface area (Å²) in [7, 11) is 0. The number of ether oxygens (including phenoxy) is 2. The number of carbonyl (C=O) groups excluding carboxylic acids is 1. The summed E-state index contributed by atoms with van der Waals surface area (Å²) in [5, 5.41) is 0. The number of cyclic esters (lactones) is 1. The minimum Gasteiger partial charge on any atom is -0.478 e. The van der Waals surface area contributed by atoms with E-state index in [2.05, 4.69) is 26.0 Å². The Morgan fingerprint density at radius 1 is 0.781 bits per heavy atom. The smallest absolute Gasteiger partial charge is 0.312 e. The number of esters is 1. The lowest BCUT2D eigenvalue weighted by Gasteiger charge is -2.39. The lowest BCUT2D eigenvalue weighted by atomic mass is 9.71. The molecule has 0 amide bonds. The van der Waals surface area contributed by atoms with Crippen molar-refractivity contribution in [1.82, 2.24) is 0 Å². The van der Waals surface area contributed by atoms with Gasteiger partial charge >= 0.3 is 5.97 Å². The first-order valence-corrected chi connectivity index (χ1v) is 11.1. The van der Waals surface area contributed by atoms with Crippen LogP contribution in [-0.4, -0.2) is 24.0 Å². The van der Waals surface area contributed by atoms with E-state index in [1.165, 1.54) is 0 Å². The van der Waals surface area contributed by atoms with E-state index in [1.807, 2.05) is 78.9 Å². The Morgan fingerprint density at radius 3 is 1.81 bits per heavy atom. The molecule has 0 unspecified atom stereocenters. The molecular weight excluding hydrogens is 398 g/mol. The Kier molecular flexibility index (Phi) is 3.95. The molecule has 160 valence electrons. The zero-order chi connectivity index (χ0) is 22.0. The Hall–Kier alpha value is -3.40. The zero-order valence-corrected chi connectivity index (χ0v) is 18.2. The Balaban J connectivity index is 1.68. The van der Waals surface area contributed by atoms with Crippen LogP contribution in [0.4, 0.5) is 0 Å². The van der Waals surface area contributed by atoms with E-state index in [4.69, 9.17) is 14.5 Å². The summed E-state index contributed by atoms with van der Waals surface area (Å²) >= 11 is 0. The van der Waals surface area contributed by atoms with E-state index in [1.54, 1.807) is 0 Å². The molecule has 1 saturated heterocycles. The van der Waals surface area contributed by atoms with Crippen molar-refractivity contribution in [3.8, 4) is 0 Å². The second kappa shape index (κ2) is 6.55. The largest absolute Gasteiger partial charge is 0.478 e. The highest BCUT2D eigenvalue weighted by atomic mass is 16.6. The summed E-state index contributed by atoms with van der Waals surface area (Å²) in [6.45, 7) is 4.62.